The molecule has 0 aromatic heterocycles. The number of hydrogen-bond acceptors (Lipinski definition) is 2. The minimum absolute atomic E-state index is 0.773. The summed E-state index contributed by atoms with van der Waals surface area (Å²) in [7, 11) is 1.70. The fraction of sp³-hybridized carbons (Fsp3) is 0.250. The maximum atomic E-state index is 5.86. The normalized spacial score (nSPS) is 10.5. The summed E-state index contributed by atoms with van der Waals surface area (Å²) in [6, 6.07) is 14.1. The lowest BCUT2D eigenvalue weighted by Gasteiger charge is -2.09. The SMILES string of the molecule is COc1ccc(CNCc2ccc(Cl)cc2)cc1C. The molecule has 0 aliphatic carbocycles. The van der Waals surface area contributed by atoms with Gasteiger partial charge in [-0.25, -0.2) is 0 Å². The second-order valence-electron chi connectivity index (χ2n) is 4.53. The summed E-state index contributed by atoms with van der Waals surface area (Å²) in [6.45, 7) is 3.73. The quantitative estimate of drug-likeness (QED) is 0.892. The van der Waals surface area contributed by atoms with Crippen molar-refractivity contribution >= 4 is 11.6 Å². The van der Waals surface area contributed by atoms with Crippen LogP contribution in [-0.2, 0) is 13.1 Å². The molecule has 0 unspecified atom stereocenters. The van der Waals surface area contributed by atoms with E-state index in [4.69, 9.17) is 16.3 Å². The molecule has 2 rings (SSSR count). The zero-order valence-corrected chi connectivity index (χ0v) is 12.0. The first-order chi connectivity index (χ1) is 9.19. The monoisotopic (exact) mass is 275 g/mol. The van der Waals surface area contributed by atoms with Gasteiger partial charge in [0.15, 0.2) is 0 Å². The summed E-state index contributed by atoms with van der Waals surface area (Å²) in [5.74, 6) is 0.932. The Hall–Kier alpha value is -1.51. The van der Waals surface area contributed by atoms with Gasteiger partial charge < -0.3 is 10.1 Å². The molecule has 0 aliphatic heterocycles. The summed E-state index contributed by atoms with van der Waals surface area (Å²) in [5.41, 5.74) is 3.65. The van der Waals surface area contributed by atoms with Crippen LogP contribution < -0.4 is 10.1 Å². The van der Waals surface area contributed by atoms with Crippen LogP contribution in [0.25, 0.3) is 0 Å². The van der Waals surface area contributed by atoms with Crippen molar-refractivity contribution < 1.29 is 4.74 Å². The minimum atomic E-state index is 0.773. The number of nitrogens with one attached hydrogen (secondary N) is 1. The predicted octanol–water partition coefficient (Wildman–Crippen LogP) is 3.95. The van der Waals surface area contributed by atoms with E-state index in [9.17, 15) is 0 Å². The van der Waals surface area contributed by atoms with Gasteiger partial charge in [0.2, 0.25) is 0 Å². The van der Waals surface area contributed by atoms with Gasteiger partial charge in [0.1, 0.15) is 5.75 Å². The molecule has 0 fully saturated rings. The molecule has 0 saturated heterocycles. The molecule has 0 atom stereocenters. The van der Waals surface area contributed by atoms with Crippen LogP contribution >= 0.6 is 11.6 Å². The van der Waals surface area contributed by atoms with Crippen molar-refractivity contribution in [2.24, 2.45) is 0 Å². The number of rotatable bonds is 5. The molecule has 2 aromatic rings. The van der Waals surface area contributed by atoms with Crippen LogP contribution in [0, 0.1) is 6.92 Å². The van der Waals surface area contributed by atoms with Crippen molar-refractivity contribution in [1.82, 2.24) is 5.32 Å². The van der Waals surface area contributed by atoms with Crippen molar-refractivity contribution in [1.29, 1.82) is 0 Å². The summed E-state index contributed by atoms with van der Waals surface area (Å²) in [6.07, 6.45) is 0. The van der Waals surface area contributed by atoms with Crippen molar-refractivity contribution in [3.63, 3.8) is 0 Å². The Labute approximate surface area is 119 Å². The molecule has 0 radical (unpaired) electrons. The Morgan fingerprint density at radius 3 is 2.26 bits per heavy atom. The summed E-state index contributed by atoms with van der Waals surface area (Å²) in [4.78, 5) is 0. The van der Waals surface area contributed by atoms with Crippen LogP contribution in [0.2, 0.25) is 5.02 Å². The standard InChI is InChI=1S/C16H18ClNO/c1-12-9-14(5-8-16(12)19-2)11-18-10-13-3-6-15(17)7-4-13/h3-9,18H,10-11H2,1-2H3. The van der Waals surface area contributed by atoms with Crippen molar-refractivity contribution in [2.75, 3.05) is 7.11 Å². The Kier molecular flexibility index (Phi) is 4.83. The second kappa shape index (κ2) is 6.60. The molecule has 2 aromatic carbocycles. The molecule has 0 saturated carbocycles. The largest absolute Gasteiger partial charge is 0.496 e. The van der Waals surface area contributed by atoms with Crippen LogP contribution in [0.3, 0.4) is 0 Å². The van der Waals surface area contributed by atoms with Gasteiger partial charge in [0.05, 0.1) is 7.11 Å². The van der Waals surface area contributed by atoms with E-state index in [1.54, 1.807) is 7.11 Å². The van der Waals surface area contributed by atoms with Crippen molar-refractivity contribution in [3.05, 3.63) is 64.2 Å². The maximum absolute atomic E-state index is 5.86. The molecule has 0 aliphatic rings. The first kappa shape index (κ1) is 13.9. The molecule has 0 heterocycles. The highest BCUT2D eigenvalue weighted by atomic mass is 35.5. The fourth-order valence-electron chi connectivity index (χ4n) is 2.00. The van der Waals surface area contributed by atoms with Crippen LogP contribution in [0.5, 0.6) is 5.75 Å². The third-order valence-corrected chi connectivity index (χ3v) is 3.28. The predicted molar refractivity (Wildman–Crippen MR) is 79.7 cm³/mol. The Bertz CT molecular complexity index is 537. The molecule has 0 spiro atoms. The van der Waals surface area contributed by atoms with Crippen LogP contribution in [0.4, 0.5) is 0 Å². The van der Waals surface area contributed by atoms with E-state index >= 15 is 0 Å². The van der Waals surface area contributed by atoms with E-state index in [2.05, 4.69) is 24.4 Å². The molecular weight excluding hydrogens is 258 g/mol. The highest BCUT2D eigenvalue weighted by Gasteiger charge is 2.00. The van der Waals surface area contributed by atoms with Gasteiger partial charge in [0.25, 0.3) is 0 Å². The molecular formula is C16H18ClNO. The Balaban J connectivity index is 1.88. The van der Waals surface area contributed by atoms with E-state index < -0.39 is 0 Å². The highest BCUT2D eigenvalue weighted by molar-refractivity contribution is 6.30. The number of hydrogen-bond donors (Lipinski definition) is 1. The highest BCUT2D eigenvalue weighted by Crippen LogP contribution is 2.18. The molecule has 19 heavy (non-hydrogen) atoms. The number of benzene rings is 2. The molecule has 0 bridgehead atoms. The van der Waals surface area contributed by atoms with Gasteiger partial charge in [-0.1, -0.05) is 35.9 Å². The lowest BCUT2D eigenvalue weighted by atomic mass is 10.1. The fourth-order valence-corrected chi connectivity index (χ4v) is 2.13. The van der Waals surface area contributed by atoms with Gasteiger partial charge in [-0.05, 0) is 41.8 Å². The van der Waals surface area contributed by atoms with Gasteiger partial charge in [-0.3, -0.25) is 0 Å². The zero-order chi connectivity index (χ0) is 13.7. The van der Waals surface area contributed by atoms with E-state index in [0.717, 1.165) is 29.4 Å². The zero-order valence-electron chi connectivity index (χ0n) is 11.2. The van der Waals surface area contributed by atoms with E-state index in [1.807, 2.05) is 30.3 Å². The van der Waals surface area contributed by atoms with Crippen LogP contribution in [0.15, 0.2) is 42.5 Å². The van der Waals surface area contributed by atoms with Crippen LogP contribution in [-0.4, -0.2) is 7.11 Å². The van der Waals surface area contributed by atoms with Gasteiger partial charge in [-0.2, -0.15) is 0 Å². The minimum Gasteiger partial charge on any atom is -0.496 e. The molecule has 3 heteroatoms. The summed E-state index contributed by atoms with van der Waals surface area (Å²) < 4.78 is 5.25. The topological polar surface area (TPSA) is 21.3 Å². The van der Waals surface area contributed by atoms with Gasteiger partial charge in [0, 0.05) is 18.1 Å². The van der Waals surface area contributed by atoms with Crippen molar-refractivity contribution in [2.45, 2.75) is 20.0 Å². The third-order valence-electron chi connectivity index (χ3n) is 3.03. The average Bonchev–Trinajstić information content (AvgIpc) is 2.41. The molecule has 0 amide bonds. The van der Waals surface area contributed by atoms with Gasteiger partial charge >= 0.3 is 0 Å². The third kappa shape index (κ3) is 3.98. The average molecular weight is 276 g/mol. The molecule has 1 N–H and O–H groups in total. The molecule has 100 valence electrons. The van der Waals surface area contributed by atoms with E-state index in [1.165, 1.54) is 11.1 Å². The van der Waals surface area contributed by atoms with E-state index in [0.29, 0.717) is 0 Å². The Morgan fingerprint density at radius 1 is 1.00 bits per heavy atom. The number of halogens is 1. The second-order valence-corrected chi connectivity index (χ2v) is 4.97. The summed E-state index contributed by atoms with van der Waals surface area (Å²) in [5, 5.41) is 4.19. The van der Waals surface area contributed by atoms with E-state index in [-0.39, 0.29) is 0 Å². The number of methoxy groups -OCH3 is 1. The van der Waals surface area contributed by atoms with Crippen molar-refractivity contribution in [3.8, 4) is 5.75 Å². The number of aryl methyl sites for hydroxylation is 1. The summed E-state index contributed by atoms with van der Waals surface area (Å²) >= 11 is 5.86. The smallest absolute Gasteiger partial charge is 0.121 e. The van der Waals surface area contributed by atoms with Gasteiger partial charge in [-0.15, -0.1) is 0 Å². The maximum Gasteiger partial charge on any atom is 0.121 e. The first-order valence-electron chi connectivity index (χ1n) is 6.27. The lowest BCUT2D eigenvalue weighted by molar-refractivity contribution is 0.411. The Morgan fingerprint density at radius 2 is 1.63 bits per heavy atom. The molecule has 2 nitrogen and oxygen atoms in total. The first-order valence-corrected chi connectivity index (χ1v) is 6.65. The lowest BCUT2D eigenvalue weighted by Crippen LogP contribution is -2.12. The van der Waals surface area contributed by atoms with Crippen LogP contribution in [0.1, 0.15) is 16.7 Å². The number of ether oxygens (including phenoxy) is 1.